The molecule has 6 heteroatoms. The van der Waals surface area contributed by atoms with Crippen LogP contribution >= 0.6 is 0 Å². The molecule has 1 amide bonds. The van der Waals surface area contributed by atoms with Crippen molar-refractivity contribution in [1.82, 2.24) is 4.72 Å². The molecule has 0 aliphatic carbocycles. The smallest absolute Gasteiger partial charge is 0.240 e. The maximum absolute atomic E-state index is 11.5. The fourth-order valence-corrected chi connectivity index (χ4v) is 2.39. The van der Waals surface area contributed by atoms with Gasteiger partial charge in [-0.25, -0.2) is 8.42 Å². The molecule has 0 aromatic heterocycles. The molecule has 0 aliphatic heterocycles. The molecule has 0 atom stereocenters. The molecule has 1 aromatic carbocycles. The first kappa shape index (κ1) is 13.4. The molecule has 0 fully saturated rings. The van der Waals surface area contributed by atoms with Crippen LogP contribution in [0, 0.1) is 0 Å². The Morgan fingerprint density at radius 1 is 1.18 bits per heavy atom. The van der Waals surface area contributed by atoms with E-state index in [2.05, 4.69) is 0 Å². The van der Waals surface area contributed by atoms with Crippen molar-refractivity contribution in [3.63, 3.8) is 0 Å². The van der Waals surface area contributed by atoms with Gasteiger partial charge in [0.25, 0.3) is 0 Å². The molecule has 17 heavy (non-hydrogen) atoms. The van der Waals surface area contributed by atoms with Crippen LogP contribution in [-0.2, 0) is 25.4 Å². The molecule has 1 aromatic rings. The van der Waals surface area contributed by atoms with E-state index < -0.39 is 22.4 Å². The molecule has 0 unspecified atom stereocenters. The van der Waals surface area contributed by atoms with E-state index in [4.69, 9.17) is 0 Å². The van der Waals surface area contributed by atoms with Crippen molar-refractivity contribution in [2.45, 2.75) is 19.1 Å². The van der Waals surface area contributed by atoms with Gasteiger partial charge in [0.1, 0.15) is 5.78 Å². The Labute approximate surface area is 99.9 Å². The fourth-order valence-electron chi connectivity index (χ4n) is 1.27. The van der Waals surface area contributed by atoms with E-state index in [0.717, 1.165) is 0 Å². The highest BCUT2D eigenvalue weighted by molar-refractivity contribution is 7.89. The second-order valence-electron chi connectivity index (χ2n) is 3.65. The number of nitrogens with one attached hydrogen (secondary N) is 1. The molecule has 1 rings (SSSR count). The van der Waals surface area contributed by atoms with Crippen LogP contribution in [0.5, 0.6) is 0 Å². The molecule has 0 radical (unpaired) electrons. The minimum atomic E-state index is -3.73. The highest BCUT2D eigenvalue weighted by Crippen LogP contribution is 2.04. The SMILES string of the molecule is CC(=O)CC(=O)NS(=O)(=O)Cc1ccccc1. The predicted octanol–water partition coefficient (Wildman–Crippen LogP) is 0.612. The Morgan fingerprint density at radius 2 is 1.76 bits per heavy atom. The van der Waals surface area contributed by atoms with Gasteiger partial charge in [0.2, 0.25) is 15.9 Å². The average Bonchev–Trinajstić information content (AvgIpc) is 2.15. The number of rotatable bonds is 5. The Bertz CT molecular complexity index is 508. The van der Waals surface area contributed by atoms with E-state index in [1.54, 1.807) is 30.3 Å². The Balaban J connectivity index is 2.64. The summed E-state index contributed by atoms with van der Waals surface area (Å²) in [6.45, 7) is 1.23. The van der Waals surface area contributed by atoms with Crippen molar-refractivity contribution >= 4 is 21.7 Å². The third-order valence-corrected chi connectivity index (χ3v) is 3.13. The third-order valence-electron chi connectivity index (χ3n) is 1.88. The number of benzene rings is 1. The first-order valence-electron chi connectivity index (χ1n) is 4.96. The van der Waals surface area contributed by atoms with Gasteiger partial charge in [-0.3, -0.25) is 14.3 Å². The van der Waals surface area contributed by atoms with Crippen LogP contribution in [0.4, 0.5) is 0 Å². The largest absolute Gasteiger partial charge is 0.299 e. The number of carbonyl (C=O) groups is 2. The van der Waals surface area contributed by atoms with Crippen LogP contribution in [0.1, 0.15) is 18.9 Å². The van der Waals surface area contributed by atoms with Crippen molar-refractivity contribution in [2.75, 3.05) is 0 Å². The van der Waals surface area contributed by atoms with Crippen molar-refractivity contribution in [3.8, 4) is 0 Å². The Morgan fingerprint density at radius 3 is 2.29 bits per heavy atom. The van der Waals surface area contributed by atoms with Gasteiger partial charge in [0, 0.05) is 0 Å². The fraction of sp³-hybridized carbons (Fsp3) is 0.273. The number of amides is 1. The second kappa shape index (κ2) is 5.58. The van der Waals surface area contributed by atoms with E-state index in [0.29, 0.717) is 5.56 Å². The summed E-state index contributed by atoms with van der Waals surface area (Å²) < 4.78 is 24.9. The number of hydrogen-bond acceptors (Lipinski definition) is 4. The number of hydrogen-bond donors (Lipinski definition) is 1. The number of ketones is 1. The zero-order valence-corrected chi connectivity index (χ0v) is 10.2. The van der Waals surface area contributed by atoms with Gasteiger partial charge in [-0.2, -0.15) is 0 Å². The highest BCUT2D eigenvalue weighted by atomic mass is 32.2. The molecule has 0 bridgehead atoms. The van der Waals surface area contributed by atoms with Crippen molar-refractivity contribution in [1.29, 1.82) is 0 Å². The van der Waals surface area contributed by atoms with Crippen LogP contribution in [0.25, 0.3) is 0 Å². The van der Waals surface area contributed by atoms with Gasteiger partial charge < -0.3 is 0 Å². The zero-order valence-electron chi connectivity index (χ0n) is 9.34. The maximum atomic E-state index is 11.5. The first-order valence-corrected chi connectivity index (χ1v) is 6.61. The summed E-state index contributed by atoms with van der Waals surface area (Å²) in [7, 11) is -3.73. The van der Waals surface area contributed by atoms with Gasteiger partial charge in [-0.05, 0) is 12.5 Å². The number of Topliss-reactive ketones (excluding diaryl/α,β-unsaturated/α-hetero) is 1. The quantitative estimate of drug-likeness (QED) is 0.782. The lowest BCUT2D eigenvalue weighted by Gasteiger charge is -2.05. The Kier molecular flexibility index (Phi) is 4.39. The van der Waals surface area contributed by atoms with Gasteiger partial charge in [0.15, 0.2) is 0 Å². The van der Waals surface area contributed by atoms with E-state index in [-0.39, 0.29) is 11.5 Å². The minimum absolute atomic E-state index is 0.280. The van der Waals surface area contributed by atoms with Crippen molar-refractivity contribution < 1.29 is 18.0 Å². The molecule has 0 spiro atoms. The molecule has 92 valence electrons. The Hall–Kier alpha value is -1.69. The monoisotopic (exact) mass is 255 g/mol. The number of sulfonamides is 1. The van der Waals surface area contributed by atoms with Crippen LogP contribution < -0.4 is 4.72 Å². The molecule has 1 N–H and O–H groups in total. The van der Waals surface area contributed by atoms with Crippen LogP contribution in [-0.4, -0.2) is 20.1 Å². The minimum Gasteiger partial charge on any atom is -0.299 e. The summed E-state index contributed by atoms with van der Waals surface area (Å²) in [5.74, 6) is -1.46. The third kappa shape index (κ3) is 5.26. The lowest BCUT2D eigenvalue weighted by molar-refractivity contribution is -0.126. The summed E-state index contributed by atoms with van der Waals surface area (Å²) in [6, 6.07) is 8.48. The molecule has 0 saturated heterocycles. The normalized spacial score (nSPS) is 10.9. The first-order chi connectivity index (χ1) is 7.89. The van der Waals surface area contributed by atoms with E-state index >= 15 is 0 Å². The van der Waals surface area contributed by atoms with Gasteiger partial charge in [-0.1, -0.05) is 30.3 Å². The summed E-state index contributed by atoms with van der Waals surface area (Å²) in [4.78, 5) is 21.8. The van der Waals surface area contributed by atoms with Gasteiger partial charge >= 0.3 is 0 Å². The zero-order chi connectivity index (χ0) is 12.9. The van der Waals surface area contributed by atoms with Gasteiger partial charge in [-0.15, -0.1) is 0 Å². The van der Waals surface area contributed by atoms with Crippen molar-refractivity contribution in [2.24, 2.45) is 0 Å². The lowest BCUT2D eigenvalue weighted by atomic mass is 10.2. The molecule has 5 nitrogen and oxygen atoms in total. The summed E-state index contributed by atoms with van der Waals surface area (Å²) in [6.07, 6.45) is -0.423. The van der Waals surface area contributed by atoms with E-state index in [9.17, 15) is 18.0 Å². The second-order valence-corrected chi connectivity index (χ2v) is 5.37. The lowest BCUT2D eigenvalue weighted by Crippen LogP contribution is -2.32. The van der Waals surface area contributed by atoms with Crippen molar-refractivity contribution in [3.05, 3.63) is 35.9 Å². The van der Waals surface area contributed by atoms with Crippen LogP contribution in [0.2, 0.25) is 0 Å². The van der Waals surface area contributed by atoms with E-state index in [1.807, 2.05) is 4.72 Å². The standard InChI is InChI=1S/C11H13NO4S/c1-9(13)7-11(14)12-17(15,16)8-10-5-3-2-4-6-10/h2-6H,7-8H2,1H3,(H,12,14). The summed E-state index contributed by atoms with van der Waals surface area (Å²) >= 11 is 0. The molecule has 0 heterocycles. The van der Waals surface area contributed by atoms with Crippen LogP contribution in [0.15, 0.2) is 30.3 Å². The molecular weight excluding hydrogens is 242 g/mol. The van der Waals surface area contributed by atoms with E-state index in [1.165, 1.54) is 6.92 Å². The van der Waals surface area contributed by atoms with Crippen LogP contribution in [0.3, 0.4) is 0 Å². The molecular formula is C11H13NO4S. The maximum Gasteiger partial charge on any atom is 0.240 e. The average molecular weight is 255 g/mol. The summed E-state index contributed by atoms with van der Waals surface area (Å²) in [5, 5.41) is 0. The topological polar surface area (TPSA) is 80.3 Å². The molecule has 0 saturated carbocycles. The summed E-state index contributed by atoms with van der Waals surface area (Å²) in [5.41, 5.74) is 0.579. The van der Waals surface area contributed by atoms with Gasteiger partial charge in [0.05, 0.1) is 12.2 Å². The number of carbonyl (C=O) groups excluding carboxylic acids is 2. The predicted molar refractivity (Wildman–Crippen MR) is 62.5 cm³/mol. The highest BCUT2D eigenvalue weighted by Gasteiger charge is 2.16. The molecule has 0 aliphatic rings.